The minimum absolute atomic E-state index is 0.646. The molecule has 0 saturated carbocycles. The van der Waals surface area contributed by atoms with E-state index >= 15 is 0 Å². The molecule has 3 rings (SSSR count). The first-order valence-corrected chi connectivity index (χ1v) is 7.60. The lowest BCUT2D eigenvalue weighted by Gasteiger charge is -2.04. The van der Waals surface area contributed by atoms with Crippen LogP contribution >= 0.6 is 31.9 Å². The first-order valence-electron chi connectivity index (χ1n) is 6.02. The van der Waals surface area contributed by atoms with E-state index in [4.69, 9.17) is 5.73 Å². The van der Waals surface area contributed by atoms with Crippen LogP contribution in [0.25, 0.3) is 16.9 Å². The molecule has 0 unspecified atom stereocenters. The summed E-state index contributed by atoms with van der Waals surface area (Å²) in [5.41, 5.74) is 9.47. The van der Waals surface area contributed by atoms with Gasteiger partial charge in [-0.3, -0.25) is 0 Å². The van der Waals surface area contributed by atoms with E-state index < -0.39 is 0 Å². The van der Waals surface area contributed by atoms with Crippen LogP contribution in [0.3, 0.4) is 0 Å². The van der Waals surface area contributed by atoms with Crippen molar-refractivity contribution in [3.8, 4) is 16.9 Å². The molecule has 2 aromatic carbocycles. The average Bonchev–Trinajstić information content (AvgIpc) is 2.81. The summed E-state index contributed by atoms with van der Waals surface area (Å²) in [7, 11) is 0. The number of nitrogens with two attached hydrogens (primary N) is 1. The Hall–Kier alpha value is -1.59. The Labute approximate surface area is 133 Å². The Kier molecular flexibility index (Phi) is 3.63. The summed E-state index contributed by atoms with van der Waals surface area (Å²) < 4.78 is 3.74. The van der Waals surface area contributed by atoms with Crippen molar-refractivity contribution in [3.05, 3.63) is 63.7 Å². The normalized spacial score (nSPS) is 10.7. The molecule has 3 nitrogen and oxygen atoms in total. The van der Waals surface area contributed by atoms with Gasteiger partial charge in [0.1, 0.15) is 5.69 Å². The molecule has 1 heterocycles. The first kappa shape index (κ1) is 13.4. The minimum atomic E-state index is 0.646. The van der Waals surface area contributed by atoms with E-state index in [1.54, 1.807) is 4.68 Å². The number of para-hydroxylation sites is 1. The topological polar surface area (TPSA) is 43.8 Å². The Bertz CT molecular complexity index is 765. The monoisotopic (exact) mass is 391 g/mol. The van der Waals surface area contributed by atoms with Crippen LogP contribution in [-0.2, 0) is 0 Å². The van der Waals surface area contributed by atoms with Crippen molar-refractivity contribution >= 4 is 37.5 Å². The minimum Gasteiger partial charge on any atom is -0.396 e. The summed E-state index contributed by atoms with van der Waals surface area (Å²) in [6.07, 6.45) is 1.83. The molecular weight excluding hydrogens is 382 g/mol. The fourth-order valence-electron chi connectivity index (χ4n) is 2.01. The van der Waals surface area contributed by atoms with Gasteiger partial charge < -0.3 is 5.73 Å². The predicted octanol–water partition coefficient (Wildman–Crippen LogP) is 4.65. The highest BCUT2D eigenvalue weighted by atomic mass is 79.9. The molecule has 2 N–H and O–H groups in total. The van der Waals surface area contributed by atoms with E-state index in [2.05, 4.69) is 37.0 Å². The van der Waals surface area contributed by atoms with Gasteiger partial charge in [-0.15, -0.1) is 0 Å². The van der Waals surface area contributed by atoms with Crippen molar-refractivity contribution in [3.63, 3.8) is 0 Å². The van der Waals surface area contributed by atoms with Gasteiger partial charge in [0.15, 0.2) is 0 Å². The van der Waals surface area contributed by atoms with Gasteiger partial charge in [0.2, 0.25) is 0 Å². The lowest BCUT2D eigenvalue weighted by molar-refractivity contribution is 0.880. The maximum atomic E-state index is 6.11. The van der Waals surface area contributed by atoms with Crippen molar-refractivity contribution in [2.75, 3.05) is 5.73 Å². The van der Waals surface area contributed by atoms with Crippen LogP contribution in [0.1, 0.15) is 0 Å². The zero-order valence-electron chi connectivity index (χ0n) is 10.4. The van der Waals surface area contributed by atoms with Gasteiger partial charge in [-0.2, -0.15) is 5.10 Å². The zero-order chi connectivity index (χ0) is 14.1. The SMILES string of the molecule is Nc1cn(-c2ccccc2Br)nc1-c1ccccc1Br. The molecule has 0 aliphatic carbocycles. The lowest BCUT2D eigenvalue weighted by Crippen LogP contribution is -1.95. The second-order valence-electron chi connectivity index (χ2n) is 4.31. The number of anilines is 1. The van der Waals surface area contributed by atoms with Crippen LogP contribution in [0, 0.1) is 0 Å². The highest BCUT2D eigenvalue weighted by Gasteiger charge is 2.13. The highest BCUT2D eigenvalue weighted by molar-refractivity contribution is 9.11. The second-order valence-corrected chi connectivity index (χ2v) is 6.02. The number of aromatic nitrogens is 2. The van der Waals surface area contributed by atoms with Crippen molar-refractivity contribution in [1.29, 1.82) is 0 Å². The Balaban J connectivity index is 2.13. The van der Waals surface area contributed by atoms with Gasteiger partial charge in [0.25, 0.3) is 0 Å². The first-order chi connectivity index (χ1) is 9.66. The molecule has 0 radical (unpaired) electrons. The number of benzene rings is 2. The summed E-state index contributed by atoms with van der Waals surface area (Å²) in [4.78, 5) is 0. The van der Waals surface area contributed by atoms with E-state index in [1.807, 2.05) is 54.7 Å². The Morgan fingerprint density at radius 2 is 1.55 bits per heavy atom. The van der Waals surface area contributed by atoms with E-state index in [-0.39, 0.29) is 0 Å². The number of nitrogen functional groups attached to an aromatic ring is 1. The molecule has 0 aliphatic rings. The second kappa shape index (κ2) is 5.42. The number of hydrogen-bond donors (Lipinski definition) is 1. The van der Waals surface area contributed by atoms with Crippen molar-refractivity contribution < 1.29 is 0 Å². The van der Waals surface area contributed by atoms with Gasteiger partial charge in [-0.25, -0.2) is 4.68 Å². The lowest BCUT2D eigenvalue weighted by atomic mass is 10.1. The molecule has 3 aromatic rings. The number of halogens is 2. The molecule has 100 valence electrons. The summed E-state index contributed by atoms with van der Waals surface area (Å²) >= 11 is 7.06. The smallest absolute Gasteiger partial charge is 0.117 e. The van der Waals surface area contributed by atoms with Crippen molar-refractivity contribution in [2.24, 2.45) is 0 Å². The summed E-state index contributed by atoms with van der Waals surface area (Å²) in [6.45, 7) is 0. The molecule has 0 amide bonds. The maximum absolute atomic E-state index is 6.11. The van der Waals surface area contributed by atoms with Crippen LogP contribution in [-0.4, -0.2) is 9.78 Å². The van der Waals surface area contributed by atoms with E-state index in [0.717, 1.165) is 25.9 Å². The summed E-state index contributed by atoms with van der Waals surface area (Å²) in [5.74, 6) is 0. The van der Waals surface area contributed by atoms with Gasteiger partial charge in [0, 0.05) is 14.5 Å². The van der Waals surface area contributed by atoms with Crippen LogP contribution < -0.4 is 5.73 Å². The molecule has 0 bridgehead atoms. The standard InChI is InChI=1S/C15H11Br2N3/c16-11-6-2-1-5-10(11)15-13(18)9-20(19-15)14-8-4-3-7-12(14)17/h1-9H,18H2. The Morgan fingerprint density at radius 3 is 2.25 bits per heavy atom. The molecule has 0 fully saturated rings. The molecule has 20 heavy (non-hydrogen) atoms. The molecule has 0 spiro atoms. The highest BCUT2D eigenvalue weighted by Crippen LogP contribution is 2.32. The third kappa shape index (κ3) is 2.39. The van der Waals surface area contributed by atoms with Crippen LogP contribution in [0.4, 0.5) is 5.69 Å². The molecule has 0 saturated heterocycles. The van der Waals surface area contributed by atoms with Crippen molar-refractivity contribution in [1.82, 2.24) is 9.78 Å². The van der Waals surface area contributed by atoms with Gasteiger partial charge >= 0.3 is 0 Å². The quantitative estimate of drug-likeness (QED) is 0.689. The number of nitrogens with zero attached hydrogens (tertiary/aromatic N) is 2. The fourth-order valence-corrected chi connectivity index (χ4v) is 2.95. The van der Waals surface area contributed by atoms with Crippen molar-refractivity contribution in [2.45, 2.75) is 0 Å². The van der Waals surface area contributed by atoms with E-state index in [0.29, 0.717) is 5.69 Å². The predicted molar refractivity (Wildman–Crippen MR) is 88.8 cm³/mol. The molecule has 0 aliphatic heterocycles. The van der Waals surface area contributed by atoms with E-state index in [9.17, 15) is 0 Å². The number of hydrogen-bond acceptors (Lipinski definition) is 2. The van der Waals surface area contributed by atoms with Crippen LogP contribution in [0.2, 0.25) is 0 Å². The Morgan fingerprint density at radius 1 is 0.900 bits per heavy atom. The van der Waals surface area contributed by atoms with E-state index in [1.165, 1.54) is 0 Å². The summed E-state index contributed by atoms with van der Waals surface area (Å²) in [6, 6.07) is 15.8. The number of rotatable bonds is 2. The van der Waals surface area contributed by atoms with Gasteiger partial charge in [0.05, 0.1) is 17.6 Å². The molecule has 5 heteroatoms. The molecule has 1 aromatic heterocycles. The fraction of sp³-hybridized carbons (Fsp3) is 0. The van der Waals surface area contributed by atoms with Crippen LogP contribution in [0.5, 0.6) is 0 Å². The average molecular weight is 393 g/mol. The maximum Gasteiger partial charge on any atom is 0.117 e. The van der Waals surface area contributed by atoms with Gasteiger partial charge in [-0.1, -0.05) is 46.3 Å². The third-order valence-electron chi connectivity index (χ3n) is 2.97. The third-order valence-corrected chi connectivity index (χ3v) is 4.33. The molecule has 0 atom stereocenters. The van der Waals surface area contributed by atoms with Crippen LogP contribution in [0.15, 0.2) is 63.7 Å². The van der Waals surface area contributed by atoms with Gasteiger partial charge in [-0.05, 0) is 34.1 Å². The largest absolute Gasteiger partial charge is 0.396 e. The zero-order valence-corrected chi connectivity index (χ0v) is 13.6. The molecular formula is C15H11Br2N3. The summed E-state index contributed by atoms with van der Waals surface area (Å²) in [5, 5.41) is 4.60.